The van der Waals surface area contributed by atoms with Gasteiger partial charge < -0.3 is 35.3 Å². The summed E-state index contributed by atoms with van der Waals surface area (Å²) in [6, 6.07) is 8.90. The van der Waals surface area contributed by atoms with Crippen molar-refractivity contribution in [2.24, 2.45) is 5.92 Å². The van der Waals surface area contributed by atoms with E-state index in [2.05, 4.69) is 20.7 Å². The first kappa shape index (κ1) is 37.7. The quantitative estimate of drug-likeness (QED) is 0.0949. The predicted molar refractivity (Wildman–Crippen MR) is 181 cm³/mol. The van der Waals surface area contributed by atoms with Gasteiger partial charge in [-0.05, 0) is 54.3 Å². The lowest BCUT2D eigenvalue weighted by atomic mass is 9.89. The van der Waals surface area contributed by atoms with Crippen LogP contribution in [-0.4, -0.2) is 77.6 Å². The monoisotopic (exact) mass is 705 g/mol. The average Bonchev–Trinajstić information content (AvgIpc) is 3.08. The predicted octanol–water partition coefficient (Wildman–Crippen LogP) is 2.74. The summed E-state index contributed by atoms with van der Waals surface area (Å²) in [6.07, 6.45) is -0.936. The Morgan fingerprint density at radius 3 is 2.24 bits per heavy atom. The zero-order chi connectivity index (χ0) is 37.6. The third-order valence-electron chi connectivity index (χ3n) is 8.08. The van der Waals surface area contributed by atoms with E-state index < -0.39 is 72.6 Å². The van der Waals surface area contributed by atoms with Crippen molar-refractivity contribution in [2.45, 2.75) is 51.7 Å². The molecule has 0 radical (unpaired) electrons. The highest BCUT2D eigenvalue weighted by atomic mass is 19.1. The van der Waals surface area contributed by atoms with Crippen molar-refractivity contribution >= 4 is 46.4 Å². The number of alkyl halides is 1. The molecular formula is C36H36FN3O11. The van der Waals surface area contributed by atoms with E-state index in [0.29, 0.717) is 22.1 Å². The van der Waals surface area contributed by atoms with Gasteiger partial charge in [-0.3, -0.25) is 28.8 Å². The number of hydrogen-bond acceptors (Lipinski definition) is 10. The van der Waals surface area contributed by atoms with Gasteiger partial charge in [-0.25, -0.2) is 9.18 Å². The number of methoxy groups -OCH3 is 1. The summed E-state index contributed by atoms with van der Waals surface area (Å²) < 4.78 is 23.3. The number of fused-ring (bicyclic) bond motifs is 2. The van der Waals surface area contributed by atoms with Gasteiger partial charge in [0.25, 0.3) is 0 Å². The van der Waals surface area contributed by atoms with Gasteiger partial charge in [0, 0.05) is 28.6 Å². The van der Waals surface area contributed by atoms with Crippen LogP contribution < -0.4 is 21.4 Å². The summed E-state index contributed by atoms with van der Waals surface area (Å²) in [6.45, 7) is 3.16. The minimum absolute atomic E-state index is 0.102. The van der Waals surface area contributed by atoms with Crippen molar-refractivity contribution in [1.82, 2.24) is 16.0 Å². The van der Waals surface area contributed by atoms with Gasteiger partial charge in [-0.15, -0.1) is 0 Å². The van der Waals surface area contributed by atoms with Crippen molar-refractivity contribution in [2.75, 3.05) is 13.8 Å². The molecule has 1 aliphatic carbocycles. The first-order chi connectivity index (χ1) is 24.1. The number of hydrogen-bond donors (Lipinski definition) is 5. The molecule has 14 nitrogen and oxygen atoms in total. The molecule has 268 valence electrons. The van der Waals surface area contributed by atoms with Crippen molar-refractivity contribution in [3.8, 4) is 28.2 Å². The molecule has 2 aromatic carbocycles. The fraction of sp³-hybridized carbons (Fsp3) is 0.306. The number of phenolic OH excluding ortho intramolecular Hbond substituents is 1. The molecule has 2 aromatic rings. The van der Waals surface area contributed by atoms with Crippen LogP contribution in [-0.2, 0) is 35.1 Å². The number of ketones is 1. The summed E-state index contributed by atoms with van der Waals surface area (Å²) >= 11 is 0. The number of esters is 1. The topological polar surface area (TPSA) is 218 Å². The van der Waals surface area contributed by atoms with Gasteiger partial charge >= 0.3 is 11.9 Å². The summed E-state index contributed by atoms with van der Waals surface area (Å²) in [5.74, 6) is -5.88. The van der Waals surface area contributed by atoms with Gasteiger partial charge in [0.2, 0.25) is 17.7 Å². The zero-order valence-electron chi connectivity index (χ0n) is 28.1. The molecule has 5 N–H and O–H groups in total. The molecular weight excluding hydrogens is 669 g/mol. The Balaban J connectivity index is 1.54. The minimum atomic E-state index is -1.51. The lowest BCUT2D eigenvalue weighted by Gasteiger charge is -2.25. The highest BCUT2D eigenvalue weighted by molar-refractivity contribution is 6.08. The second kappa shape index (κ2) is 16.1. The number of Topliss-reactive ketones (excluding diaryl/α,β-unsaturated/α-hetero) is 1. The first-order valence-corrected chi connectivity index (χ1v) is 15.7. The van der Waals surface area contributed by atoms with Crippen molar-refractivity contribution in [3.63, 3.8) is 0 Å². The number of ether oxygens (including phenoxy) is 1. The Morgan fingerprint density at radius 2 is 1.59 bits per heavy atom. The van der Waals surface area contributed by atoms with Crippen molar-refractivity contribution in [1.29, 1.82) is 0 Å². The molecule has 0 bridgehead atoms. The second-order valence-electron chi connectivity index (χ2n) is 12.1. The lowest BCUT2D eigenvalue weighted by Crippen LogP contribution is -2.56. The summed E-state index contributed by atoms with van der Waals surface area (Å²) in [5, 5.41) is 28.0. The van der Waals surface area contributed by atoms with Crippen LogP contribution >= 0.6 is 0 Å². The zero-order valence-corrected chi connectivity index (χ0v) is 28.1. The number of carbonyl (C=O) groups is 6. The smallest absolute Gasteiger partial charge is 0.336 e. The summed E-state index contributed by atoms with van der Waals surface area (Å²) in [7, 11) is 1.06. The number of carboxylic acids is 1. The highest BCUT2D eigenvalue weighted by Crippen LogP contribution is 2.42. The maximum atomic E-state index is 13.2. The van der Waals surface area contributed by atoms with E-state index in [-0.39, 0.29) is 40.1 Å². The number of phenols is 1. The third-order valence-corrected chi connectivity index (χ3v) is 8.08. The standard InChI is InChI=1S/C36H36FN3O11/c1-17(2)33(35(47)38-18(3)34(46)39-26(27(43)16-37)15-31(45)50-4)40-30(44)12-19-5-8-22(25(11-19)36(48)49)32-23-9-6-20(41)13-28(23)51-29-14-21(42)7-10-24(29)32/h5-11,13-14,17-18,26,33,41H,12,15-16H2,1-4H3,(H,38,47)(H,39,46)(H,40,44)(H,48,49). The van der Waals surface area contributed by atoms with E-state index in [1.54, 1.807) is 26.0 Å². The van der Waals surface area contributed by atoms with Crippen LogP contribution in [0.2, 0.25) is 0 Å². The lowest BCUT2D eigenvalue weighted by molar-refractivity contribution is -0.143. The molecule has 51 heavy (non-hydrogen) atoms. The van der Waals surface area contributed by atoms with E-state index in [1.165, 1.54) is 49.4 Å². The number of carbonyl (C=O) groups excluding carboxylic acids is 5. The number of amides is 3. The van der Waals surface area contributed by atoms with Crippen LogP contribution in [0.1, 0.15) is 43.1 Å². The Morgan fingerprint density at radius 1 is 0.882 bits per heavy atom. The molecule has 0 aromatic heterocycles. The molecule has 1 aliphatic heterocycles. The number of carboxylic acid groups (broad SMARTS) is 1. The van der Waals surface area contributed by atoms with Gasteiger partial charge in [0.1, 0.15) is 41.9 Å². The van der Waals surface area contributed by atoms with E-state index >= 15 is 0 Å². The van der Waals surface area contributed by atoms with E-state index in [9.17, 15) is 48.2 Å². The van der Waals surface area contributed by atoms with E-state index in [1.807, 2.05) is 0 Å². The Hall–Kier alpha value is -6.12. The average molecular weight is 706 g/mol. The third kappa shape index (κ3) is 8.92. The highest BCUT2D eigenvalue weighted by Gasteiger charge is 2.30. The molecule has 0 saturated carbocycles. The fourth-order valence-electron chi connectivity index (χ4n) is 5.44. The van der Waals surface area contributed by atoms with Gasteiger partial charge in [-0.2, -0.15) is 0 Å². The van der Waals surface area contributed by atoms with E-state index in [0.717, 1.165) is 7.11 Å². The molecule has 4 rings (SSSR count). The maximum absolute atomic E-state index is 13.2. The number of aromatic carboxylic acids is 1. The van der Waals surface area contributed by atoms with Crippen molar-refractivity contribution in [3.05, 3.63) is 75.9 Å². The SMILES string of the molecule is COC(=O)CC(NC(=O)C(C)NC(=O)C(NC(=O)Cc1ccc(-c2c3ccc(=O)cc-3oc3cc(O)ccc23)c(C(=O)O)c1)C(C)C)C(=O)CF. The number of rotatable bonds is 14. The summed E-state index contributed by atoms with van der Waals surface area (Å²) in [4.78, 5) is 87.2. The first-order valence-electron chi connectivity index (χ1n) is 15.7. The number of nitrogens with one attached hydrogen (secondary N) is 3. The van der Waals surface area contributed by atoms with Crippen LogP contribution in [0.15, 0.2) is 63.8 Å². The Bertz CT molecular complexity index is 2040. The largest absolute Gasteiger partial charge is 0.508 e. The molecule has 15 heteroatoms. The van der Waals surface area contributed by atoms with Crippen LogP contribution in [0.3, 0.4) is 0 Å². The molecule has 3 unspecified atom stereocenters. The Labute approximate surface area is 290 Å². The normalized spacial score (nSPS) is 12.9. The molecule has 0 fully saturated rings. The number of aromatic hydroxyl groups is 1. The molecule has 1 heterocycles. The minimum Gasteiger partial charge on any atom is -0.508 e. The second-order valence-corrected chi connectivity index (χ2v) is 12.1. The molecule has 2 aliphatic rings. The van der Waals surface area contributed by atoms with Crippen molar-refractivity contribution < 1.29 is 52.5 Å². The van der Waals surface area contributed by atoms with Crippen LogP contribution in [0.25, 0.3) is 33.4 Å². The Kier molecular flexibility index (Phi) is 11.9. The molecule has 3 amide bonds. The van der Waals surface area contributed by atoms with Crippen LogP contribution in [0, 0.1) is 5.92 Å². The van der Waals surface area contributed by atoms with E-state index in [4.69, 9.17) is 4.42 Å². The molecule has 3 atom stereocenters. The van der Waals surface area contributed by atoms with Crippen LogP contribution in [0.4, 0.5) is 4.39 Å². The number of benzene rings is 3. The number of halogens is 1. The van der Waals surface area contributed by atoms with Gasteiger partial charge in [0.15, 0.2) is 11.2 Å². The maximum Gasteiger partial charge on any atom is 0.336 e. The summed E-state index contributed by atoms with van der Waals surface area (Å²) in [5.41, 5.74) is 1.15. The molecule has 0 spiro atoms. The molecule has 0 saturated heterocycles. The fourth-order valence-corrected chi connectivity index (χ4v) is 5.44. The van der Waals surface area contributed by atoms with Gasteiger partial charge in [-0.1, -0.05) is 26.0 Å². The van der Waals surface area contributed by atoms with Gasteiger partial charge in [0.05, 0.1) is 25.5 Å². The van der Waals surface area contributed by atoms with Crippen LogP contribution in [0.5, 0.6) is 5.75 Å².